The van der Waals surface area contributed by atoms with Gasteiger partial charge in [0.05, 0.1) is 22.3 Å². The smallest absolute Gasteiger partial charge is 0.265 e. The number of para-hydroxylation sites is 1. The molecule has 0 saturated heterocycles. The Labute approximate surface area is 128 Å². The van der Waals surface area contributed by atoms with Crippen molar-refractivity contribution in [3.63, 3.8) is 0 Å². The van der Waals surface area contributed by atoms with Crippen molar-refractivity contribution in [3.8, 4) is 6.07 Å². The maximum absolute atomic E-state index is 12.8. The van der Waals surface area contributed by atoms with Crippen LogP contribution in [0.1, 0.15) is 11.1 Å². The minimum atomic E-state index is -3.72. The lowest BCUT2D eigenvalue weighted by molar-refractivity contribution is 0.592. The number of nitriles is 1. The summed E-state index contributed by atoms with van der Waals surface area (Å²) in [6.07, 6.45) is 0.684. The van der Waals surface area contributed by atoms with Crippen LogP contribution < -0.4 is 4.31 Å². The molecule has 1 aliphatic rings. The first-order valence-corrected chi connectivity index (χ1v) is 8.16. The molecule has 0 aliphatic carbocycles. The minimum absolute atomic E-state index is 0.0277. The monoisotopic (exact) mass is 318 g/mol. The van der Waals surface area contributed by atoms with Gasteiger partial charge in [-0.1, -0.05) is 29.8 Å². The molecule has 0 saturated carbocycles. The van der Waals surface area contributed by atoms with E-state index in [1.54, 1.807) is 6.07 Å². The number of sulfonamides is 1. The second-order valence-electron chi connectivity index (χ2n) is 4.71. The van der Waals surface area contributed by atoms with Gasteiger partial charge >= 0.3 is 0 Å². The molecule has 2 aromatic rings. The fraction of sp³-hybridized carbons (Fsp3) is 0.133. The molecule has 1 aliphatic heterocycles. The van der Waals surface area contributed by atoms with E-state index in [9.17, 15) is 8.42 Å². The molecular weight excluding hydrogens is 308 g/mol. The summed E-state index contributed by atoms with van der Waals surface area (Å²) in [6, 6.07) is 13.6. The SMILES string of the molecule is N#Cc1ccc(S(=O)(=O)N2CCc3ccccc32)c(Cl)c1. The Morgan fingerprint density at radius 3 is 2.67 bits per heavy atom. The molecule has 21 heavy (non-hydrogen) atoms. The van der Waals surface area contributed by atoms with Crippen LogP contribution in [0.25, 0.3) is 0 Å². The van der Waals surface area contributed by atoms with Crippen LogP contribution in [0.3, 0.4) is 0 Å². The van der Waals surface area contributed by atoms with Crippen LogP contribution in [0.2, 0.25) is 5.02 Å². The van der Waals surface area contributed by atoms with E-state index in [1.807, 2.05) is 24.3 Å². The zero-order chi connectivity index (χ0) is 15.0. The Kier molecular flexibility index (Phi) is 3.36. The average Bonchev–Trinajstić information content (AvgIpc) is 2.91. The topological polar surface area (TPSA) is 61.2 Å². The fourth-order valence-electron chi connectivity index (χ4n) is 2.46. The number of halogens is 1. The lowest BCUT2D eigenvalue weighted by Gasteiger charge is -2.20. The van der Waals surface area contributed by atoms with Crippen molar-refractivity contribution in [2.45, 2.75) is 11.3 Å². The van der Waals surface area contributed by atoms with Gasteiger partial charge in [-0.25, -0.2) is 8.42 Å². The highest BCUT2D eigenvalue weighted by Crippen LogP contribution is 2.34. The van der Waals surface area contributed by atoms with Crippen LogP contribution in [-0.2, 0) is 16.4 Å². The predicted molar refractivity (Wildman–Crippen MR) is 80.8 cm³/mol. The first-order valence-electron chi connectivity index (χ1n) is 6.34. The number of anilines is 1. The predicted octanol–water partition coefficient (Wildman–Crippen LogP) is 2.96. The van der Waals surface area contributed by atoms with Crippen molar-refractivity contribution >= 4 is 27.3 Å². The van der Waals surface area contributed by atoms with Crippen molar-refractivity contribution in [2.75, 3.05) is 10.8 Å². The molecule has 0 bridgehead atoms. The van der Waals surface area contributed by atoms with Crippen LogP contribution in [0.5, 0.6) is 0 Å². The average molecular weight is 319 g/mol. The number of hydrogen-bond donors (Lipinski definition) is 0. The summed E-state index contributed by atoms with van der Waals surface area (Å²) in [4.78, 5) is 0.0277. The molecule has 0 aromatic heterocycles. The molecule has 0 radical (unpaired) electrons. The van der Waals surface area contributed by atoms with Gasteiger partial charge in [-0.05, 0) is 36.2 Å². The molecule has 0 spiro atoms. The Balaban J connectivity index is 2.09. The number of benzene rings is 2. The highest BCUT2D eigenvalue weighted by molar-refractivity contribution is 7.93. The summed E-state index contributed by atoms with van der Waals surface area (Å²) in [7, 11) is -3.72. The molecule has 4 nitrogen and oxygen atoms in total. The molecule has 2 aromatic carbocycles. The van der Waals surface area contributed by atoms with Crippen LogP contribution in [0.15, 0.2) is 47.4 Å². The highest BCUT2D eigenvalue weighted by Gasteiger charge is 2.31. The van der Waals surface area contributed by atoms with E-state index in [0.29, 0.717) is 24.2 Å². The summed E-state index contributed by atoms with van der Waals surface area (Å²) < 4.78 is 26.9. The maximum Gasteiger partial charge on any atom is 0.265 e. The molecular formula is C15H11ClN2O2S. The van der Waals surface area contributed by atoms with Gasteiger partial charge in [0.2, 0.25) is 0 Å². The first kappa shape index (κ1) is 13.9. The lowest BCUT2D eigenvalue weighted by atomic mass is 10.2. The van der Waals surface area contributed by atoms with Crippen molar-refractivity contribution in [3.05, 3.63) is 58.6 Å². The summed E-state index contributed by atoms with van der Waals surface area (Å²) in [6.45, 7) is 0.401. The molecule has 0 unspecified atom stereocenters. The van der Waals surface area contributed by atoms with E-state index in [-0.39, 0.29) is 9.92 Å². The van der Waals surface area contributed by atoms with E-state index in [2.05, 4.69) is 0 Å². The quantitative estimate of drug-likeness (QED) is 0.855. The van der Waals surface area contributed by atoms with Crippen LogP contribution in [0.4, 0.5) is 5.69 Å². The Morgan fingerprint density at radius 2 is 1.95 bits per heavy atom. The Bertz CT molecular complexity index is 856. The second kappa shape index (κ2) is 5.06. The van der Waals surface area contributed by atoms with Gasteiger partial charge in [-0.15, -0.1) is 0 Å². The number of nitrogens with zero attached hydrogens (tertiary/aromatic N) is 2. The minimum Gasteiger partial charge on any atom is -0.266 e. The van der Waals surface area contributed by atoms with Gasteiger partial charge in [-0.2, -0.15) is 5.26 Å². The zero-order valence-corrected chi connectivity index (χ0v) is 12.5. The molecule has 3 rings (SSSR count). The third kappa shape index (κ3) is 2.27. The van der Waals surface area contributed by atoms with Crippen LogP contribution >= 0.6 is 11.6 Å². The third-order valence-electron chi connectivity index (χ3n) is 3.47. The normalized spacial score (nSPS) is 13.8. The zero-order valence-electron chi connectivity index (χ0n) is 11.0. The van der Waals surface area contributed by atoms with Gasteiger partial charge in [0.15, 0.2) is 0 Å². The molecule has 6 heteroatoms. The lowest BCUT2D eigenvalue weighted by Crippen LogP contribution is -2.29. The Morgan fingerprint density at radius 1 is 1.19 bits per heavy atom. The summed E-state index contributed by atoms with van der Waals surface area (Å²) in [5.41, 5.74) is 2.03. The van der Waals surface area contributed by atoms with E-state index < -0.39 is 10.0 Å². The molecule has 1 heterocycles. The molecule has 0 fully saturated rings. The van der Waals surface area contributed by atoms with Crippen molar-refractivity contribution < 1.29 is 8.42 Å². The standard InChI is InChI=1S/C15H11ClN2O2S/c16-13-9-11(10-17)5-6-15(13)21(19,20)18-8-7-12-3-1-2-4-14(12)18/h1-6,9H,7-8H2. The summed E-state index contributed by atoms with van der Waals surface area (Å²) in [5.74, 6) is 0. The van der Waals surface area contributed by atoms with Gasteiger partial charge in [0, 0.05) is 6.54 Å². The first-order chi connectivity index (χ1) is 10.0. The van der Waals surface area contributed by atoms with Crippen LogP contribution in [0, 0.1) is 11.3 Å². The second-order valence-corrected chi connectivity index (χ2v) is 6.95. The van der Waals surface area contributed by atoms with Gasteiger partial charge < -0.3 is 0 Å². The largest absolute Gasteiger partial charge is 0.266 e. The van der Waals surface area contributed by atoms with Crippen molar-refractivity contribution in [1.82, 2.24) is 0 Å². The number of rotatable bonds is 2. The fourth-order valence-corrected chi connectivity index (χ4v) is 4.48. The van der Waals surface area contributed by atoms with E-state index in [4.69, 9.17) is 16.9 Å². The highest BCUT2D eigenvalue weighted by atomic mass is 35.5. The molecule has 0 atom stereocenters. The summed E-state index contributed by atoms with van der Waals surface area (Å²) >= 11 is 6.04. The molecule has 106 valence electrons. The van der Waals surface area contributed by atoms with E-state index in [1.165, 1.54) is 22.5 Å². The van der Waals surface area contributed by atoms with Gasteiger partial charge in [-0.3, -0.25) is 4.31 Å². The van der Waals surface area contributed by atoms with Crippen molar-refractivity contribution in [2.24, 2.45) is 0 Å². The Hall–Kier alpha value is -2.03. The van der Waals surface area contributed by atoms with E-state index >= 15 is 0 Å². The van der Waals surface area contributed by atoms with E-state index in [0.717, 1.165) is 5.56 Å². The number of hydrogen-bond acceptors (Lipinski definition) is 3. The molecule has 0 N–H and O–H groups in total. The number of fused-ring (bicyclic) bond motifs is 1. The summed E-state index contributed by atoms with van der Waals surface area (Å²) in [5, 5.41) is 8.90. The maximum atomic E-state index is 12.8. The van der Waals surface area contributed by atoms with Crippen LogP contribution in [-0.4, -0.2) is 15.0 Å². The third-order valence-corrected chi connectivity index (χ3v) is 5.77. The van der Waals surface area contributed by atoms with Gasteiger partial charge in [0.1, 0.15) is 4.90 Å². The molecule has 0 amide bonds. The van der Waals surface area contributed by atoms with Crippen molar-refractivity contribution in [1.29, 1.82) is 5.26 Å². The van der Waals surface area contributed by atoms with Gasteiger partial charge in [0.25, 0.3) is 10.0 Å².